The van der Waals surface area contributed by atoms with Crippen LogP contribution in [0.15, 0.2) is 65.1 Å². The second-order valence-corrected chi connectivity index (χ2v) is 12.8. The van der Waals surface area contributed by atoms with Crippen LogP contribution in [0.25, 0.3) is 55.7 Å². The SMILES string of the molecule is Cc1ccc2c(oc3c(-c4nc(C(C)(C)C)cc(C(C)(C)C)n4)cccc32)c1-c1n(C)c2ccccc2[n+]1C. The van der Waals surface area contributed by atoms with E-state index in [-0.39, 0.29) is 10.8 Å². The van der Waals surface area contributed by atoms with Gasteiger partial charge in [-0.05, 0) is 36.8 Å². The van der Waals surface area contributed by atoms with Gasteiger partial charge in [-0.25, -0.2) is 19.1 Å². The van der Waals surface area contributed by atoms with E-state index in [4.69, 9.17) is 14.4 Å². The maximum Gasteiger partial charge on any atom is 0.293 e. The predicted molar refractivity (Wildman–Crippen MR) is 160 cm³/mol. The number of benzene rings is 3. The topological polar surface area (TPSA) is 47.7 Å². The summed E-state index contributed by atoms with van der Waals surface area (Å²) in [4.78, 5) is 10.2. The Balaban J connectivity index is 1.67. The average molecular weight is 518 g/mol. The van der Waals surface area contributed by atoms with Gasteiger partial charge in [0.1, 0.15) is 11.1 Å². The fourth-order valence-electron chi connectivity index (χ4n) is 5.57. The van der Waals surface area contributed by atoms with Gasteiger partial charge in [-0.3, -0.25) is 0 Å². The van der Waals surface area contributed by atoms with Crippen molar-refractivity contribution in [2.45, 2.75) is 59.3 Å². The smallest absolute Gasteiger partial charge is 0.293 e. The molecule has 3 heterocycles. The van der Waals surface area contributed by atoms with Crippen LogP contribution in [0.5, 0.6) is 0 Å². The van der Waals surface area contributed by atoms with E-state index in [0.717, 1.165) is 50.3 Å². The Morgan fingerprint density at radius 2 is 1.41 bits per heavy atom. The molecule has 3 aromatic heterocycles. The average Bonchev–Trinajstić information content (AvgIpc) is 3.38. The van der Waals surface area contributed by atoms with E-state index >= 15 is 0 Å². The summed E-state index contributed by atoms with van der Waals surface area (Å²) in [5, 5.41) is 2.17. The molecule has 0 spiro atoms. The van der Waals surface area contributed by atoms with Gasteiger partial charge in [-0.15, -0.1) is 0 Å². The normalized spacial score (nSPS) is 12.7. The standard InChI is InChI=1S/C34H37N4O/c1-20-17-18-22-21-13-12-14-23(31-35-26(33(2,3)4)19-27(36-31)34(5,6)7)29(21)39-30(22)28(20)32-37(8)24-15-10-11-16-25(24)38(32)9/h10-19H,1-9H3/q+1. The number of rotatable bonds is 2. The second kappa shape index (κ2) is 8.51. The summed E-state index contributed by atoms with van der Waals surface area (Å²) in [6.07, 6.45) is 0. The lowest BCUT2D eigenvalue weighted by molar-refractivity contribution is -0.634. The van der Waals surface area contributed by atoms with Crippen molar-refractivity contribution in [3.8, 4) is 22.8 Å². The molecule has 0 unspecified atom stereocenters. The summed E-state index contributed by atoms with van der Waals surface area (Å²) >= 11 is 0. The van der Waals surface area contributed by atoms with E-state index in [9.17, 15) is 0 Å². The minimum Gasteiger partial charge on any atom is -0.454 e. The molecular formula is C34H37N4O+. The fourth-order valence-corrected chi connectivity index (χ4v) is 5.57. The van der Waals surface area contributed by atoms with Crippen molar-refractivity contribution in [3.05, 3.63) is 77.6 Å². The number of fused-ring (bicyclic) bond motifs is 4. The summed E-state index contributed by atoms with van der Waals surface area (Å²) in [6.45, 7) is 15.4. The van der Waals surface area contributed by atoms with Crippen LogP contribution >= 0.6 is 0 Å². The molecule has 0 aliphatic heterocycles. The molecule has 0 bridgehead atoms. The third-order valence-electron chi connectivity index (χ3n) is 7.84. The first-order valence-corrected chi connectivity index (χ1v) is 13.7. The molecule has 0 saturated heterocycles. The van der Waals surface area contributed by atoms with E-state index in [0.29, 0.717) is 5.82 Å². The van der Waals surface area contributed by atoms with Gasteiger partial charge in [0.25, 0.3) is 5.82 Å². The zero-order chi connectivity index (χ0) is 27.9. The highest BCUT2D eigenvalue weighted by Gasteiger charge is 2.29. The summed E-state index contributed by atoms with van der Waals surface area (Å²) in [5.74, 6) is 1.83. The molecule has 0 radical (unpaired) electrons. The van der Waals surface area contributed by atoms with E-state index in [1.165, 1.54) is 16.6 Å². The van der Waals surface area contributed by atoms with Crippen LogP contribution in [0, 0.1) is 6.92 Å². The van der Waals surface area contributed by atoms with Crippen molar-refractivity contribution in [1.82, 2.24) is 14.5 Å². The molecule has 0 fully saturated rings. The molecule has 5 heteroatoms. The van der Waals surface area contributed by atoms with Gasteiger partial charge in [-0.2, -0.15) is 0 Å². The highest BCUT2D eigenvalue weighted by atomic mass is 16.3. The van der Waals surface area contributed by atoms with Gasteiger partial charge in [0.15, 0.2) is 22.4 Å². The fraction of sp³-hybridized carbons (Fsp3) is 0.324. The molecule has 0 amide bonds. The number of aromatic nitrogens is 4. The monoisotopic (exact) mass is 517 g/mol. The van der Waals surface area contributed by atoms with Crippen LogP contribution in [-0.2, 0) is 24.9 Å². The van der Waals surface area contributed by atoms with E-state index in [1.807, 2.05) is 0 Å². The zero-order valence-electron chi connectivity index (χ0n) is 24.5. The van der Waals surface area contributed by atoms with Gasteiger partial charge in [0, 0.05) is 21.6 Å². The Bertz CT molecular complexity index is 1840. The largest absolute Gasteiger partial charge is 0.454 e. The van der Waals surface area contributed by atoms with Crippen LogP contribution in [0.4, 0.5) is 0 Å². The number of nitrogens with zero attached hydrogens (tertiary/aromatic N) is 4. The number of aryl methyl sites for hydroxylation is 3. The van der Waals surface area contributed by atoms with Crippen LogP contribution in [0.1, 0.15) is 58.5 Å². The van der Waals surface area contributed by atoms with Crippen LogP contribution in [0.2, 0.25) is 0 Å². The summed E-state index contributed by atoms with van der Waals surface area (Å²) < 4.78 is 11.4. The summed E-state index contributed by atoms with van der Waals surface area (Å²) in [6, 6.07) is 21.4. The Morgan fingerprint density at radius 1 is 0.769 bits per heavy atom. The van der Waals surface area contributed by atoms with Gasteiger partial charge < -0.3 is 4.42 Å². The number of para-hydroxylation sites is 3. The molecule has 198 valence electrons. The van der Waals surface area contributed by atoms with Gasteiger partial charge in [0.2, 0.25) is 0 Å². The minimum absolute atomic E-state index is 0.104. The van der Waals surface area contributed by atoms with Crippen molar-refractivity contribution in [3.63, 3.8) is 0 Å². The first-order valence-electron chi connectivity index (χ1n) is 13.7. The molecular weight excluding hydrogens is 480 g/mol. The summed E-state index contributed by atoms with van der Waals surface area (Å²) in [5.41, 5.74) is 9.14. The third kappa shape index (κ3) is 3.94. The second-order valence-electron chi connectivity index (χ2n) is 12.8. The molecule has 3 aromatic carbocycles. The van der Waals surface area contributed by atoms with Crippen LogP contribution in [0.3, 0.4) is 0 Å². The number of imidazole rings is 1. The molecule has 0 atom stereocenters. The minimum atomic E-state index is -0.104. The Morgan fingerprint density at radius 3 is 2.05 bits per heavy atom. The Hall–Kier alpha value is -3.99. The van der Waals surface area contributed by atoms with Gasteiger partial charge in [0.05, 0.1) is 31.0 Å². The zero-order valence-corrected chi connectivity index (χ0v) is 24.5. The molecule has 0 aliphatic rings. The number of furan rings is 1. The van der Waals surface area contributed by atoms with Crippen molar-refractivity contribution < 1.29 is 8.98 Å². The highest BCUT2D eigenvalue weighted by Crippen LogP contribution is 2.41. The van der Waals surface area contributed by atoms with E-state index < -0.39 is 0 Å². The molecule has 0 aliphatic carbocycles. The quantitative estimate of drug-likeness (QED) is 0.219. The lowest BCUT2D eigenvalue weighted by atomic mass is 9.86. The predicted octanol–water partition coefficient (Wildman–Crippen LogP) is 7.93. The Kier molecular flexibility index (Phi) is 5.52. The third-order valence-corrected chi connectivity index (χ3v) is 7.84. The van der Waals surface area contributed by atoms with Gasteiger partial charge in [-0.1, -0.05) is 77.9 Å². The lowest BCUT2D eigenvalue weighted by Crippen LogP contribution is -2.30. The number of hydrogen-bond acceptors (Lipinski definition) is 3. The van der Waals surface area contributed by atoms with Crippen molar-refractivity contribution >= 4 is 33.0 Å². The lowest BCUT2D eigenvalue weighted by Gasteiger charge is -2.24. The first kappa shape index (κ1) is 25.3. The highest BCUT2D eigenvalue weighted by molar-refractivity contribution is 6.12. The molecule has 0 N–H and O–H groups in total. The van der Waals surface area contributed by atoms with E-state index in [2.05, 4.69) is 132 Å². The van der Waals surface area contributed by atoms with Crippen molar-refractivity contribution in [1.29, 1.82) is 0 Å². The molecule has 39 heavy (non-hydrogen) atoms. The number of hydrogen-bond donors (Lipinski definition) is 0. The van der Waals surface area contributed by atoms with Crippen molar-refractivity contribution in [2.75, 3.05) is 0 Å². The van der Waals surface area contributed by atoms with Crippen LogP contribution < -0.4 is 4.57 Å². The maximum absolute atomic E-state index is 6.85. The first-order chi connectivity index (χ1) is 18.4. The molecule has 5 nitrogen and oxygen atoms in total. The van der Waals surface area contributed by atoms with E-state index in [1.54, 1.807) is 0 Å². The molecule has 6 aromatic rings. The van der Waals surface area contributed by atoms with Crippen LogP contribution in [-0.4, -0.2) is 14.5 Å². The van der Waals surface area contributed by atoms with Crippen molar-refractivity contribution in [2.24, 2.45) is 14.1 Å². The molecule has 0 saturated carbocycles. The molecule has 6 rings (SSSR count). The Labute approximate surface area is 230 Å². The van der Waals surface area contributed by atoms with Gasteiger partial charge >= 0.3 is 0 Å². The maximum atomic E-state index is 6.85. The summed E-state index contributed by atoms with van der Waals surface area (Å²) in [7, 11) is 4.26.